The summed E-state index contributed by atoms with van der Waals surface area (Å²) in [6.07, 6.45) is -26.0. The lowest BCUT2D eigenvalue weighted by molar-refractivity contribution is -0.161. The fourth-order valence-electron chi connectivity index (χ4n) is 14.7. The first kappa shape index (κ1) is 38.0. The molecule has 24 nitrogen and oxygen atoms in total. The van der Waals surface area contributed by atoms with Gasteiger partial charge in [0, 0.05) is 186 Å². The van der Waals surface area contributed by atoms with E-state index in [0.29, 0.717) is 0 Å². The zero-order valence-corrected chi connectivity index (χ0v) is 68.0. The molecule has 0 aromatic heterocycles. The van der Waals surface area contributed by atoms with Crippen LogP contribution in [0.15, 0.2) is 48.3 Å². The van der Waals surface area contributed by atoms with Crippen LogP contribution in [0.3, 0.4) is 0 Å². The minimum absolute atomic E-state index is 0.00181. The number of carbonyl (C=O) groups is 4. The molecule has 8 N–H and O–H groups in total. The average molecular weight is 1750 g/mol. The van der Waals surface area contributed by atoms with Crippen LogP contribution < -0.4 is 60.8 Å². The van der Waals surface area contributed by atoms with Gasteiger partial charge in [0.05, 0.1) is 95.0 Å². The number of piperidine rings is 4. The Morgan fingerprint density at radius 3 is 0.733 bits per heavy atom. The lowest BCUT2D eigenvalue weighted by Gasteiger charge is -2.47. The van der Waals surface area contributed by atoms with E-state index in [0.717, 1.165) is 40.9 Å². The molecule has 24 heteroatoms. The third-order valence-corrected chi connectivity index (χ3v) is 20.2. The van der Waals surface area contributed by atoms with Crippen molar-refractivity contribution in [2.24, 2.45) is 93.9 Å². The van der Waals surface area contributed by atoms with Crippen LogP contribution in [0, 0.1) is 70.9 Å². The number of ether oxygens (including phenoxy) is 12. The van der Waals surface area contributed by atoms with Gasteiger partial charge in [-0.05, 0) is 191 Å². The van der Waals surface area contributed by atoms with Gasteiger partial charge in [0.15, 0.2) is 46.0 Å². The summed E-state index contributed by atoms with van der Waals surface area (Å²) in [5.41, 5.74) is 18.0. The lowest BCUT2D eigenvalue weighted by atomic mass is 9.79. The molecule has 12 rings (SSSR count). The maximum Gasteiger partial charge on any atom is 0.323 e. The maximum absolute atomic E-state index is 13.6. The highest BCUT2D eigenvalue weighted by Gasteiger charge is 2.47. The minimum atomic E-state index is -4.01. The molecule has 12 unspecified atom stereocenters. The van der Waals surface area contributed by atoms with Gasteiger partial charge in [-0.2, -0.15) is 0 Å². The molecular formula is C96H152N8O16. The minimum Gasteiger partial charge on any atom is -0.493 e. The van der Waals surface area contributed by atoms with Crippen molar-refractivity contribution in [1.82, 2.24) is 19.6 Å². The van der Waals surface area contributed by atoms with Crippen LogP contribution >= 0.6 is 0 Å². The number of nitrogens with two attached hydrogens (primary N) is 4. The van der Waals surface area contributed by atoms with Crippen LogP contribution in [0.5, 0.6) is 46.0 Å². The second kappa shape index (κ2) is 43.9. The standard InChI is InChI=1S/4C24H38N2O4/c4*1-14(2)9-17-13-26-8-7-16-10-21(28-5)22(29-6)11-18(16)19(26)12-20(17)30-24(27)23(25)15(3)4/h4*10-11,14-15,17,19-20,23H,7-9,12-13,25H2,1-6H3/t4*17?,19?,20?,23-/m0000/s1/i3D3,4D3,5D3,6D3,7D2,8D2,10D,11D,15D,20D,23D;3D3,4D3,6D3,7D2,8D2,10D,11D,15D,20D,23D;3D3,4D3,5D3,7D2,8D2,10D,11D,15D,20D,23D;3D3,4D3,7D2,8D2,10D,11D,15D,20D,23D. The average Bonchev–Trinajstić information content (AvgIpc) is 0.689. The number of methoxy groups -OCH3 is 8. The molecule has 16 atom stereocenters. The largest absolute Gasteiger partial charge is 0.493 e. The van der Waals surface area contributed by atoms with E-state index in [1.54, 1.807) is 55.4 Å². The monoisotopic (exact) mass is 1750 g/mol. The van der Waals surface area contributed by atoms with E-state index >= 15 is 0 Å². The molecule has 8 aliphatic heterocycles. The fourth-order valence-corrected chi connectivity index (χ4v) is 14.7. The zero-order valence-electron chi connectivity index (χ0n) is 140. The number of hydrogen-bond acceptors (Lipinski definition) is 24. The number of carbonyl (C=O) groups excluding carboxylic acids is 4. The van der Waals surface area contributed by atoms with Crippen LogP contribution in [0.1, 0.15) is 329 Å². The highest BCUT2D eigenvalue weighted by Crippen LogP contribution is 2.50. The first-order valence-electron chi connectivity index (χ1n) is 73.8. The van der Waals surface area contributed by atoms with E-state index in [9.17, 15) is 24.7 Å². The molecular weight excluding hydrogens is 1520 g/mol. The van der Waals surface area contributed by atoms with Crippen LogP contribution in [-0.2, 0) is 63.6 Å². The summed E-state index contributed by atoms with van der Waals surface area (Å²) in [4.78, 5) is 58.1. The van der Waals surface area contributed by atoms with Crippen molar-refractivity contribution >= 4 is 23.9 Å². The summed E-state index contributed by atoms with van der Waals surface area (Å²) < 4.78 is 653. The number of rotatable bonds is 28. The molecule has 8 heterocycles. The van der Waals surface area contributed by atoms with Gasteiger partial charge in [-0.25, -0.2) is 0 Å². The maximum atomic E-state index is 13.6. The van der Waals surface area contributed by atoms with E-state index in [-0.39, 0.29) is 66.4 Å². The van der Waals surface area contributed by atoms with Crippen LogP contribution in [0.4, 0.5) is 0 Å². The van der Waals surface area contributed by atoms with E-state index in [2.05, 4.69) is 0 Å². The summed E-state index contributed by atoms with van der Waals surface area (Å²) in [6, 6.07) is -28.4. The molecule has 0 saturated carbocycles. The Labute approximate surface area is 819 Å². The smallest absolute Gasteiger partial charge is 0.323 e. The second-order valence-corrected chi connectivity index (χ2v) is 30.3. The van der Waals surface area contributed by atoms with Crippen LogP contribution in [0.25, 0.3) is 0 Å². The molecule has 8 aliphatic rings. The van der Waals surface area contributed by atoms with Crippen LogP contribution in [-0.4, -0.2) is 201 Å². The zero-order chi connectivity index (χ0) is 150. The molecule has 0 spiro atoms. The highest BCUT2D eigenvalue weighted by atomic mass is 16.6. The topological polar surface area (TPSA) is 296 Å². The van der Waals surface area contributed by atoms with Gasteiger partial charge in [0.25, 0.3) is 0 Å². The Morgan fingerprint density at radius 1 is 0.358 bits per heavy atom. The fraction of sp³-hybridized carbons (Fsp3) is 0.708. The Kier molecular flexibility index (Phi) is 13.9. The number of esters is 4. The van der Waals surface area contributed by atoms with Crippen molar-refractivity contribution in [2.75, 3.05) is 109 Å². The summed E-state index contributed by atoms with van der Waals surface area (Å²) in [6.45, 7) is -31.3. The summed E-state index contributed by atoms with van der Waals surface area (Å²) in [7, 11) is -8.82. The molecule has 0 amide bonds. The van der Waals surface area contributed by atoms with Gasteiger partial charge in [-0.3, -0.25) is 38.8 Å². The number of fused-ring (bicyclic) bond motifs is 12. The predicted octanol–water partition coefficient (Wildman–Crippen LogP) is 14.3. The van der Waals surface area contributed by atoms with Crippen molar-refractivity contribution in [3.05, 3.63) is 92.8 Å². The van der Waals surface area contributed by atoms with Gasteiger partial charge in [0.2, 0.25) is 0 Å². The van der Waals surface area contributed by atoms with Gasteiger partial charge >= 0.3 is 23.9 Å². The highest BCUT2D eigenvalue weighted by molar-refractivity contribution is 5.77. The second-order valence-electron chi connectivity index (χ2n) is 30.3. The van der Waals surface area contributed by atoms with E-state index < -0.39 is 452 Å². The van der Waals surface area contributed by atoms with Crippen molar-refractivity contribution in [2.45, 2.75) is 260 Å². The summed E-state index contributed by atoms with van der Waals surface area (Å²) in [5.74, 6) is -36.0. The third kappa shape index (κ3) is 23.8. The Hall–Kier alpha value is -7.16. The number of nitrogens with zero attached hydrogens (tertiary/aromatic N) is 4. The third-order valence-electron chi connectivity index (χ3n) is 20.2. The quantitative estimate of drug-likeness (QED) is 0.0303. The molecule has 4 aromatic rings. The lowest BCUT2D eigenvalue weighted by Crippen LogP contribution is -2.51. The number of hydrogen-bond donors (Lipinski definition) is 4. The van der Waals surface area contributed by atoms with Crippen molar-refractivity contribution < 1.29 is 175 Å². The molecule has 672 valence electrons. The Morgan fingerprint density at radius 2 is 0.550 bits per heavy atom. The predicted molar refractivity (Wildman–Crippen MR) is 471 cm³/mol. The normalized spacial score (nSPS) is 42.2. The van der Waals surface area contributed by atoms with Gasteiger partial charge in [-0.15, -0.1) is 0 Å². The van der Waals surface area contributed by atoms with E-state index in [1.807, 2.05) is 0 Å². The molecule has 120 heavy (non-hydrogen) atoms. The molecule has 0 aliphatic carbocycles. The van der Waals surface area contributed by atoms with Crippen molar-refractivity contribution in [3.63, 3.8) is 0 Å². The van der Waals surface area contributed by atoms with E-state index in [4.69, 9.17) is 173 Å². The van der Waals surface area contributed by atoms with Crippen molar-refractivity contribution in [3.8, 4) is 46.0 Å². The van der Waals surface area contributed by atoms with E-state index in [1.165, 1.54) is 7.11 Å². The van der Waals surface area contributed by atoms with Crippen molar-refractivity contribution in [1.29, 1.82) is 0 Å². The van der Waals surface area contributed by atoms with Gasteiger partial charge < -0.3 is 79.8 Å². The van der Waals surface area contributed by atoms with Gasteiger partial charge in [-0.1, -0.05) is 110 Å². The Balaban J connectivity index is 0.000000278. The molecule has 0 bridgehead atoms. The summed E-state index contributed by atoms with van der Waals surface area (Å²) >= 11 is 0. The first-order valence-corrected chi connectivity index (χ1v) is 37.8. The Bertz CT molecular complexity index is 7330. The molecule has 0 radical (unpaired) electrons. The molecule has 4 fully saturated rings. The van der Waals surface area contributed by atoms with Gasteiger partial charge in [0.1, 0.15) is 48.4 Å². The van der Waals surface area contributed by atoms with Crippen LogP contribution in [0.2, 0.25) is 0 Å². The molecule has 4 aromatic carbocycles. The number of benzene rings is 4. The molecule has 4 saturated heterocycles. The SMILES string of the molecule is [2H]c1c(OC([2H])([2H])[2H])c(OC([2H])([2H])[2H])c([2H])c2c1C1CC([2H])(OC(=O)[C@@]([2H])(N)C([2H])(C([2H])([2H])[2H])C([2H])([2H])[2H])C(CC(C)C)CN1C([2H])([2H])C2([2H])[2H].[2H]c1c(OC([2H])([2H])[2H])c(OC)c([2H])c2c1C1CC([2H])(OC(=O)[C@@]([2H])(N)C([2H])(C([2H])([2H])[2H])C([2H])([2H])[2H])C(CC(C)C)CN1C([2H])([2H])C2([2H])[2H].[2H]c1c(OC)c(OC([2H])([2H])[2H])c([2H])c2c1C1CC([2H])(OC(=O)[C@@]([2H])(N)C([2H])(C([2H])([2H])[2H])C([2H])([2H])[2H])C(CC(C)C)CN1C([2H])([2H])C2([2H])[2H].[2H]c1c(OC)c(OC)c([2H])c2c1C1CC([2H])(OC(=O)[C@@]([2H])(N)C([2H])(C([2H])([2H])[2H])C([2H])([2H])[2H])C(CC(C)C)CN1C([2H])([2H])C2([2H])[2H]. The summed E-state index contributed by atoms with van der Waals surface area (Å²) in [5, 5.41) is 0. The first-order chi connectivity index (χ1) is 85.0.